The standard InChI is InChI=1S/C13H15NO3/c1-13(2,3)12-9-5-4-8(7-11(15)16)6-10(9)14-17-12/h4-6H,7H2,1-3H3,(H,15,16). The zero-order valence-corrected chi connectivity index (χ0v) is 10.2. The number of fused-ring (bicyclic) bond motifs is 1. The number of rotatable bonds is 2. The van der Waals surface area contributed by atoms with Crippen LogP contribution < -0.4 is 0 Å². The van der Waals surface area contributed by atoms with Gasteiger partial charge in [-0.1, -0.05) is 32.0 Å². The third-order valence-electron chi connectivity index (χ3n) is 2.58. The van der Waals surface area contributed by atoms with Crippen molar-refractivity contribution in [1.82, 2.24) is 5.16 Å². The first kappa shape index (κ1) is 11.6. The lowest BCUT2D eigenvalue weighted by molar-refractivity contribution is -0.136. The molecular formula is C13H15NO3. The quantitative estimate of drug-likeness (QED) is 0.866. The smallest absolute Gasteiger partial charge is 0.307 e. The Labute approximate surface area is 99.2 Å². The molecule has 1 heterocycles. The molecule has 0 unspecified atom stereocenters. The Morgan fingerprint density at radius 3 is 2.71 bits per heavy atom. The monoisotopic (exact) mass is 233 g/mol. The van der Waals surface area contributed by atoms with Crippen LogP contribution >= 0.6 is 0 Å². The van der Waals surface area contributed by atoms with Gasteiger partial charge in [0.2, 0.25) is 0 Å². The minimum Gasteiger partial charge on any atom is -0.481 e. The van der Waals surface area contributed by atoms with Crippen molar-refractivity contribution in [2.24, 2.45) is 0 Å². The van der Waals surface area contributed by atoms with E-state index in [4.69, 9.17) is 9.63 Å². The van der Waals surface area contributed by atoms with Crippen LogP contribution in [0.15, 0.2) is 22.7 Å². The number of aliphatic carboxylic acids is 1. The van der Waals surface area contributed by atoms with E-state index in [9.17, 15) is 4.79 Å². The number of carbonyl (C=O) groups is 1. The van der Waals surface area contributed by atoms with E-state index >= 15 is 0 Å². The number of hydrogen-bond acceptors (Lipinski definition) is 3. The van der Waals surface area contributed by atoms with Crippen LogP contribution in [0.2, 0.25) is 0 Å². The molecule has 1 aromatic heterocycles. The van der Waals surface area contributed by atoms with Crippen LogP contribution in [-0.2, 0) is 16.6 Å². The first-order valence-corrected chi connectivity index (χ1v) is 5.48. The van der Waals surface area contributed by atoms with Crippen LogP contribution in [0.25, 0.3) is 10.9 Å². The molecule has 1 N–H and O–H groups in total. The molecule has 0 radical (unpaired) electrons. The molecule has 0 aliphatic rings. The average molecular weight is 233 g/mol. The molecule has 0 atom stereocenters. The number of hydrogen-bond donors (Lipinski definition) is 1. The Balaban J connectivity index is 2.48. The molecular weight excluding hydrogens is 218 g/mol. The first-order chi connectivity index (χ1) is 7.88. The summed E-state index contributed by atoms with van der Waals surface area (Å²) in [5.41, 5.74) is 1.34. The van der Waals surface area contributed by atoms with Gasteiger partial charge in [-0.25, -0.2) is 0 Å². The number of aromatic nitrogens is 1. The van der Waals surface area contributed by atoms with Crippen molar-refractivity contribution in [3.05, 3.63) is 29.5 Å². The lowest BCUT2D eigenvalue weighted by atomic mass is 9.90. The van der Waals surface area contributed by atoms with Crippen molar-refractivity contribution in [2.45, 2.75) is 32.6 Å². The molecule has 0 aliphatic carbocycles. The summed E-state index contributed by atoms with van der Waals surface area (Å²) >= 11 is 0. The Morgan fingerprint density at radius 2 is 2.12 bits per heavy atom. The zero-order valence-electron chi connectivity index (χ0n) is 10.2. The van der Waals surface area contributed by atoms with Gasteiger partial charge in [0.05, 0.1) is 6.42 Å². The summed E-state index contributed by atoms with van der Waals surface area (Å²) in [4.78, 5) is 10.6. The van der Waals surface area contributed by atoms with E-state index in [1.54, 1.807) is 6.07 Å². The summed E-state index contributed by atoms with van der Waals surface area (Å²) in [5, 5.41) is 13.7. The summed E-state index contributed by atoms with van der Waals surface area (Å²) in [5.74, 6) is -0.0155. The second kappa shape index (κ2) is 3.87. The summed E-state index contributed by atoms with van der Waals surface area (Å²) in [6.45, 7) is 6.16. The van der Waals surface area contributed by atoms with E-state index < -0.39 is 5.97 Å². The average Bonchev–Trinajstić information content (AvgIpc) is 2.58. The van der Waals surface area contributed by atoms with Crippen molar-refractivity contribution < 1.29 is 14.4 Å². The third kappa shape index (κ3) is 2.30. The number of carboxylic acids is 1. The zero-order chi connectivity index (χ0) is 12.6. The lowest BCUT2D eigenvalue weighted by Crippen LogP contribution is -2.09. The SMILES string of the molecule is CC(C)(C)c1onc2cc(CC(=O)O)ccc12. The van der Waals surface area contributed by atoms with E-state index in [1.807, 2.05) is 12.1 Å². The fourth-order valence-electron chi connectivity index (χ4n) is 1.81. The van der Waals surface area contributed by atoms with Gasteiger partial charge in [0.25, 0.3) is 0 Å². The highest BCUT2D eigenvalue weighted by atomic mass is 16.5. The molecule has 0 fully saturated rings. The molecule has 1 aromatic carbocycles. The maximum absolute atomic E-state index is 10.6. The van der Waals surface area contributed by atoms with E-state index in [1.165, 1.54) is 0 Å². The predicted octanol–water partition coefficient (Wildman–Crippen LogP) is 2.75. The topological polar surface area (TPSA) is 63.3 Å². The van der Waals surface area contributed by atoms with Gasteiger partial charge in [0.1, 0.15) is 11.3 Å². The van der Waals surface area contributed by atoms with Crippen LogP contribution in [0, 0.1) is 0 Å². The summed E-state index contributed by atoms with van der Waals surface area (Å²) in [7, 11) is 0. The van der Waals surface area contributed by atoms with Gasteiger partial charge in [-0.05, 0) is 17.7 Å². The van der Waals surface area contributed by atoms with Crippen molar-refractivity contribution in [2.75, 3.05) is 0 Å². The van der Waals surface area contributed by atoms with Crippen LogP contribution in [0.4, 0.5) is 0 Å². The second-order valence-corrected chi connectivity index (χ2v) is 5.18. The molecule has 4 nitrogen and oxygen atoms in total. The molecule has 0 aliphatic heterocycles. The van der Waals surface area contributed by atoms with Crippen LogP contribution in [0.5, 0.6) is 0 Å². The van der Waals surface area contributed by atoms with Crippen LogP contribution in [-0.4, -0.2) is 16.2 Å². The molecule has 4 heteroatoms. The fourth-order valence-corrected chi connectivity index (χ4v) is 1.81. The molecule has 0 saturated heterocycles. The van der Waals surface area contributed by atoms with Gasteiger partial charge in [-0.3, -0.25) is 4.79 Å². The van der Waals surface area contributed by atoms with E-state index in [0.717, 1.165) is 16.7 Å². The normalized spacial score (nSPS) is 11.9. The molecule has 2 rings (SSSR count). The number of nitrogens with zero attached hydrogens (tertiary/aromatic N) is 1. The highest BCUT2D eigenvalue weighted by molar-refractivity contribution is 5.83. The van der Waals surface area contributed by atoms with Gasteiger partial charge < -0.3 is 9.63 Å². The van der Waals surface area contributed by atoms with Crippen molar-refractivity contribution in [3.8, 4) is 0 Å². The third-order valence-corrected chi connectivity index (χ3v) is 2.58. The van der Waals surface area contributed by atoms with Crippen LogP contribution in [0.3, 0.4) is 0 Å². The van der Waals surface area contributed by atoms with Crippen molar-refractivity contribution in [1.29, 1.82) is 0 Å². The maximum atomic E-state index is 10.6. The van der Waals surface area contributed by atoms with Gasteiger partial charge >= 0.3 is 5.97 Å². The highest BCUT2D eigenvalue weighted by Crippen LogP contribution is 2.30. The summed E-state index contributed by atoms with van der Waals surface area (Å²) in [6, 6.07) is 5.45. The van der Waals surface area contributed by atoms with Gasteiger partial charge in [-0.15, -0.1) is 0 Å². The fraction of sp³-hybridized carbons (Fsp3) is 0.385. The molecule has 0 bridgehead atoms. The van der Waals surface area contributed by atoms with E-state index in [0.29, 0.717) is 5.52 Å². The molecule has 0 saturated carbocycles. The van der Waals surface area contributed by atoms with Crippen molar-refractivity contribution in [3.63, 3.8) is 0 Å². The Hall–Kier alpha value is -1.84. The Morgan fingerprint density at radius 1 is 1.41 bits per heavy atom. The molecule has 0 spiro atoms. The van der Waals surface area contributed by atoms with Gasteiger partial charge in [-0.2, -0.15) is 0 Å². The molecule has 0 amide bonds. The molecule has 17 heavy (non-hydrogen) atoms. The van der Waals surface area contributed by atoms with Crippen LogP contribution in [0.1, 0.15) is 32.1 Å². The summed E-state index contributed by atoms with van der Waals surface area (Å²) < 4.78 is 5.34. The largest absolute Gasteiger partial charge is 0.481 e. The highest BCUT2D eigenvalue weighted by Gasteiger charge is 2.22. The number of carboxylic acid groups (broad SMARTS) is 1. The van der Waals surface area contributed by atoms with Gasteiger partial charge in [0, 0.05) is 10.8 Å². The Kier molecular flexibility index (Phi) is 2.65. The van der Waals surface area contributed by atoms with Crippen molar-refractivity contribution >= 4 is 16.9 Å². The first-order valence-electron chi connectivity index (χ1n) is 5.48. The van der Waals surface area contributed by atoms with E-state index in [2.05, 4.69) is 25.9 Å². The maximum Gasteiger partial charge on any atom is 0.307 e. The minimum atomic E-state index is -0.844. The lowest BCUT2D eigenvalue weighted by Gasteiger charge is -2.13. The minimum absolute atomic E-state index is 0.00759. The number of benzene rings is 1. The molecule has 2 aromatic rings. The second-order valence-electron chi connectivity index (χ2n) is 5.18. The summed E-state index contributed by atoms with van der Waals surface area (Å²) in [6.07, 6.45) is 0.00759. The Bertz CT molecular complexity index is 564. The molecule has 90 valence electrons. The predicted molar refractivity (Wildman–Crippen MR) is 64.0 cm³/mol. The van der Waals surface area contributed by atoms with Gasteiger partial charge in [0.15, 0.2) is 0 Å². The van der Waals surface area contributed by atoms with E-state index in [-0.39, 0.29) is 11.8 Å².